The zero-order valence-corrected chi connectivity index (χ0v) is 8.41. The van der Waals surface area contributed by atoms with Crippen LogP contribution in [0.25, 0.3) is 0 Å². The van der Waals surface area contributed by atoms with Crippen molar-refractivity contribution in [3.8, 4) is 0 Å². The maximum atomic E-state index is 6.15. The molecule has 3 nitrogen and oxygen atoms in total. The van der Waals surface area contributed by atoms with E-state index >= 15 is 0 Å². The third-order valence-corrected chi connectivity index (χ3v) is 2.15. The molecule has 0 aliphatic carbocycles. The Bertz CT molecular complexity index is 244. The molecule has 0 amide bonds. The molecule has 0 aliphatic rings. The van der Waals surface area contributed by atoms with Crippen LogP contribution in [0.4, 0.5) is 0 Å². The molecule has 0 bridgehead atoms. The highest BCUT2D eigenvalue weighted by atomic mass is 35.5. The lowest BCUT2D eigenvalue weighted by Gasteiger charge is -2.10. The smallest absolute Gasteiger partial charge is 0.0773 e. The number of hydrogen-bond donors (Lipinski definition) is 0. The third kappa shape index (κ3) is 2.21. The lowest BCUT2D eigenvalue weighted by atomic mass is 10.1. The molecule has 0 radical (unpaired) electrons. The summed E-state index contributed by atoms with van der Waals surface area (Å²) >= 11 is 6.15. The molecule has 1 heterocycles. The van der Waals surface area contributed by atoms with Crippen LogP contribution in [0.1, 0.15) is 31.3 Å². The number of aromatic nitrogens is 3. The maximum Gasteiger partial charge on any atom is 0.0773 e. The average molecular weight is 188 g/mol. The van der Waals surface area contributed by atoms with Crippen molar-refractivity contribution < 1.29 is 0 Å². The molecular weight excluding hydrogens is 174 g/mol. The molecule has 0 saturated carbocycles. The Labute approximate surface area is 77.7 Å². The molecule has 1 unspecified atom stereocenters. The van der Waals surface area contributed by atoms with Gasteiger partial charge in [-0.1, -0.05) is 19.1 Å². The van der Waals surface area contributed by atoms with Gasteiger partial charge in [-0.2, -0.15) is 0 Å². The van der Waals surface area contributed by atoms with Crippen LogP contribution in [0.2, 0.25) is 0 Å². The van der Waals surface area contributed by atoms with Gasteiger partial charge in [0, 0.05) is 7.05 Å². The second-order valence-electron chi connectivity index (χ2n) is 3.38. The highest BCUT2D eigenvalue weighted by molar-refractivity contribution is 6.20. The summed E-state index contributed by atoms with van der Waals surface area (Å²) < 4.78 is 1.72. The Hall–Kier alpha value is -0.570. The zero-order valence-electron chi connectivity index (χ0n) is 7.66. The molecule has 0 spiro atoms. The topological polar surface area (TPSA) is 30.7 Å². The second kappa shape index (κ2) is 3.90. The van der Waals surface area contributed by atoms with E-state index in [0.717, 1.165) is 12.1 Å². The first-order valence-electron chi connectivity index (χ1n) is 4.10. The van der Waals surface area contributed by atoms with Gasteiger partial charge in [-0.15, -0.1) is 16.7 Å². The van der Waals surface area contributed by atoms with Gasteiger partial charge >= 0.3 is 0 Å². The van der Waals surface area contributed by atoms with Crippen molar-refractivity contribution >= 4 is 11.6 Å². The normalized spacial score (nSPS) is 13.8. The van der Waals surface area contributed by atoms with Gasteiger partial charge in [-0.05, 0) is 12.3 Å². The van der Waals surface area contributed by atoms with Gasteiger partial charge in [0.25, 0.3) is 0 Å². The van der Waals surface area contributed by atoms with Crippen molar-refractivity contribution in [3.63, 3.8) is 0 Å². The van der Waals surface area contributed by atoms with Crippen LogP contribution < -0.4 is 0 Å². The Morgan fingerprint density at radius 2 is 2.25 bits per heavy atom. The number of aryl methyl sites for hydroxylation is 1. The van der Waals surface area contributed by atoms with E-state index < -0.39 is 0 Å². The Balaban J connectivity index is 2.65. The molecular formula is C8H14ClN3. The van der Waals surface area contributed by atoms with E-state index in [1.165, 1.54) is 0 Å². The molecule has 1 aromatic heterocycles. The van der Waals surface area contributed by atoms with Crippen molar-refractivity contribution in [2.75, 3.05) is 0 Å². The Morgan fingerprint density at radius 3 is 2.67 bits per heavy atom. The molecule has 68 valence electrons. The summed E-state index contributed by atoms with van der Waals surface area (Å²) in [5.41, 5.74) is 0.991. The Morgan fingerprint density at radius 1 is 1.58 bits per heavy atom. The first-order chi connectivity index (χ1) is 5.61. The lowest BCUT2D eigenvalue weighted by molar-refractivity contribution is 0.550. The monoisotopic (exact) mass is 187 g/mol. The van der Waals surface area contributed by atoms with Gasteiger partial charge in [-0.3, -0.25) is 4.68 Å². The molecule has 4 heteroatoms. The fourth-order valence-electron chi connectivity index (χ4n) is 1.12. The predicted molar refractivity (Wildman–Crippen MR) is 49.1 cm³/mol. The number of rotatable bonds is 3. The van der Waals surface area contributed by atoms with E-state index in [1.54, 1.807) is 10.9 Å². The largest absolute Gasteiger partial charge is 0.251 e. The maximum absolute atomic E-state index is 6.15. The van der Waals surface area contributed by atoms with Crippen LogP contribution in [0.15, 0.2) is 6.20 Å². The minimum Gasteiger partial charge on any atom is -0.251 e. The summed E-state index contributed by atoms with van der Waals surface area (Å²) in [4.78, 5) is 0. The van der Waals surface area contributed by atoms with Crippen LogP contribution in [0, 0.1) is 5.92 Å². The number of hydrogen-bond acceptors (Lipinski definition) is 2. The molecule has 1 rings (SSSR count). The quantitative estimate of drug-likeness (QED) is 0.679. The van der Waals surface area contributed by atoms with E-state index in [2.05, 4.69) is 24.2 Å². The second-order valence-corrected chi connectivity index (χ2v) is 3.91. The van der Waals surface area contributed by atoms with Gasteiger partial charge < -0.3 is 0 Å². The van der Waals surface area contributed by atoms with Crippen molar-refractivity contribution in [1.82, 2.24) is 15.0 Å². The van der Waals surface area contributed by atoms with Crippen LogP contribution >= 0.6 is 11.6 Å². The van der Waals surface area contributed by atoms with E-state index in [4.69, 9.17) is 11.6 Å². The lowest BCUT2D eigenvalue weighted by Crippen LogP contribution is -2.03. The fraction of sp³-hybridized carbons (Fsp3) is 0.750. The van der Waals surface area contributed by atoms with Gasteiger partial charge in [0.05, 0.1) is 17.3 Å². The number of alkyl halides is 1. The highest BCUT2D eigenvalue weighted by Crippen LogP contribution is 2.26. The first kappa shape index (κ1) is 9.52. The van der Waals surface area contributed by atoms with E-state index in [9.17, 15) is 0 Å². The summed E-state index contributed by atoms with van der Waals surface area (Å²) in [6, 6.07) is 0. The number of nitrogens with zero attached hydrogens (tertiary/aromatic N) is 3. The average Bonchev–Trinajstić information content (AvgIpc) is 2.33. The minimum atomic E-state index is 0.0324. The van der Waals surface area contributed by atoms with Crippen LogP contribution in [-0.2, 0) is 7.05 Å². The summed E-state index contributed by atoms with van der Waals surface area (Å²) in [6.07, 6.45) is 2.68. The van der Waals surface area contributed by atoms with E-state index in [-0.39, 0.29) is 5.38 Å². The van der Waals surface area contributed by atoms with Crippen molar-refractivity contribution in [3.05, 3.63) is 11.9 Å². The summed E-state index contributed by atoms with van der Waals surface area (Å²) in [5.74, 6) is 0.599. The molecule has 1 aromatic rings. The summed E-state index contributed by atoms with van der Waals surface area (Å²) in [6.45, 7) is 4.30. The zero-order chi connectivity index (χ0) is 9.14. The highest BCUT2D eigenvalue weighted by Gasteiger charge is 2.13. The molecule has 12 heavy (non-hydrogen) atoms. The SMILES string of the molecule is CC(C)CC(Cl)c1cnnn1C. The molecule has 1 atom stereocenters. The molecule has 0 aromatic carbocycles. The summed E-state index contributed by atoms with van der Waals surface area (Å²) in [7, 11) is 1.86. The molecule has 0 saturated heterocycles. The van der Waals surface area contributed by atoms with Crippen LogP contribution in [-0.4, -0.2) is 15.0 Å². The molecule has 0 fully saturated rings. The van der Waals surface area contributed by atoms with Gasteiger partial charge in [0.2, 0.25) is 0 Å². The van der Waals surface area contributed by atoms with Gasteiger partial charge in [0.1, 0.15) is 0 Å². The third-order valence-electron chi connectivity index (χ3n) is 1.75. The molecule has 0 aliphatic heterocycles. The van der Waals surface area contributed by atoms with E-state index in [0.29, 0.717) is 5.92 Å². The van der Waals surface area contributed by atoms with Gasteiger partial charge in [-0.25, -0.2) is 0 Å². The first-order valence-corrected chi connectivity index (χ1v) is 4.53. The van der Waals surface area contributed by atoms with Crippen LogP contribution in [0.5, 0.6) is 0 Å². The van der Waals surface area contributed by atoms with Gasteiger partial charge in [0.15, 0.2) is 0 Å². The Kier molecular flexibility index (Phi) is 3.09. The molecule has 0 N–H and O–H groups in total. The minimum absolute atomic E-state index is 0.0324. The number of halogens is 1. The van der Waals surface area contributed by atoms with Crippen LogP contribution in [0.3, 0.4) is 0 Å². The summed E-state index contributed by atoms with van der Waals surface area (Å²) in [5, 5.41) is 7.64. The van der Waals surface area contributed by atoms with E-state index in [1.807, 2.05) is 7.05 Å². The standard InChI is InChI=1S/C8H14ClN3/c1-6(2)4-7(9)8-5-10-11-12(8)3/h5-7H,4H2,1-3H3. The van der Waals surface area contributed by atoms with Crippen molar-refractivity contribution in [1.29, 1.82) is 0 Å². The van der Waals surface area contributed by atoms with Crippen molar-refractivity contribution in [2.24, 2.45) is 13.0 Å². The fourth-order valence-corrected chi connectivity index (χ4v) is 1.67. The predicted octanol–water partition coefficient (Wildman–Crippen LogP) is 2.14. The van der Waals surface area contributed by atoms with Crippen molar-refractivity contribution in [2.45, 2.75) is 25.6 Å².